The van der Waals surface area contributed by atoms with Crippen LogP contribution in [-0.4, -0.2) is 98.3 Å². The molecule has 0 aromatic heterocycles. The van der Waals surface area contributed by atoms with Gasteiger partial charge >= 0.3 is 19.8 Å². The highest BCUT2D eigenvalue weighted by atomic mass is 31.2. The van der Waals surface area contributed by atoms with Crippen LogP contribution in [0.15, 0.2) is 12.2 Å². The molecule has 6 atom stereocenters. The molecule has 1 aliphatic rings. The highest BCUT2D eigenvalue weighted by Crippen LogP contribution is 2.47. The molecule has 14 heteroatoms. The van der Waals surface area contributed by atoms with Crippen LogP contribution >= 0.6 is 7.82 Å². The van der Waals surface area contributed by atoms with Crippen molar-refractivity contribution >= 4 is 19.8 Å². The molecule has 0 saturated heterocycles. The Hall–Kier alpha value is -1.41. The first kappa shape index (κ1) is 59.6. The van der Waals surface area contributed by atoms with E-state index < -0.39 is 75.7 Å². The Labute approximate surface area is 382 Å². The maximum absolute atomic E-state index is 12.8. The average molecular weight is 921 g/mol. The van der Waals surface area contributed by atoms with Crippen molar-refractivity contribution in [2.75, 3.05) is 13.2 Å². The Bertz CT molecular complexity index is 1160. The molecule has 13 nitrogen and oxygen atoms in total. The summed E-state index contributed by atoms with van der Waals surface area (Å²) in [6.07, 6.45) is 29.8. The second-order valence-corrected chi connectivity index (χ2v) is 19.4. The Kier molecular flexibility index (Phi) is 37.6. The van der Waals surface area contributed by atoms with Gasteiger partial charge in [-0.2, -0.15) is 0 Å². The predicted molar refractivity (Wildman–Crippen MR) is 249 cm³/mol. The Balaban J connectivity index is 2.38. The highest BCUT2D eigenvalue weighted by Gasteiger charge is 2.51. The molecule has 0 spiro atoms. The topological polar surface area (TPSA) is 210 Å². The van der Waals surface area contributed by atoms with Crippen LogP contribution in [0.3, 0.4) is 0 Å². The number of ether oxygens (including phenoxy) is 2. The lowest BCUT2D eigenvalue weighted by Crippen LogP contribution is -2.64. The van der Waals surface area contributed by atoms with Crippen molar-refractivity contribution < 1.29 is 63.1 Å². The number of hydrogen-bond acceptors (Lipinski definition) is 12. The van der Waals surface area contributed by atoms with Crippen LogP contribution in [-0.2, 0) is 32.7 Å². The van der Waals surface area contributed by atoms with Gasteiger partial charge in [-0.25, -0.2) is 4.57 Å². The molecule has 0 amide bonds. The Morgan fingerprint density at radius 3 is 1.21 bits per heavy atom. The third-order valence-corrected chi connectivity index (χ3v) is 13.1. The molecule has 63 heavy (non-hydrogen) atoms. The molecule has 0 aromatic rings. The quantitative estimate of drug-likeness (QED) is 0.0146. The summed E-state index contributed by atoms with van der Waals surface area (Å²) in [6, 6.07) is 0. The second-order valence-electron chi connectivity index (χ2n) is 18.0. The smallest absolute Gasteiger partial charge is 0.462 e. The zero-order valence-electron chi connectivity index (χ0n) is 39.6. The maximum Gasteiger partial charge on any atom is 0.472 e. The van der Waals surface area contributed by atoms with Crippen LogP contribution in [0.2, 0.25) is 0 Å². The van der Waals surface area contributed by atoms with Crippen LogP contribution in [0.5, 0.6) is 0 Å². The number of rotatable bonds is 43. The van der Waals surface area contributed by atoms with Crippen LogP contribution in [0.25, 0.3) is 0 Å². The summed E-state index contributed by atoms with van der Waals surface area (Å²) in [6.45, 7) is 3.33. The third-order valence-electron chi connectivity index (χ3n) is 12.1. The molecule has 0 radical (unpaired) electrons. The first-order valence-corrected chi connectivity index (χ1v) is 27.0. The predicted octanol–water partition coefficient (Wildman–Crippen LogP) is 10.6. The molecular formula is C49H93O13P. The van der Waals surface area contributed by atoms with Crippen molar-refractivity contribution in [2.24, 2.45) is 0 Å². The van der Waals surface area contributed by atoms with E-state index in [1.165, 1.54) is 141 Å². The van der Waals surface area contributed by atoms with Gasteiger partial charge in [0.2, 0.25) is 0 Å². The van der Waals surface area contributed by atoms with Gasteiger partial charge in [-0.05, 0) is 38.5 Å². The van der Waals surface area contributed by atoms with Gasteiger partial charge in [0, 0.05) is 12.8 Å². The van der Waals surface area contributed by atoms with E-state index in [-0.39, 0.29) is 12.8 Å². The lowest BCUT2D eigenvalue weighted by molar-refractivity contribution is -0.220. The molecule has 372 valence electrons. The minimum atomic E-state index is -5.12. The van der Waals surface area contributed by atoms with Gasteiger partial charge < -0.3 is 39.9 Å². The molecule has 6 N–H and O–H groups in total. The number of unbranched alkanes of at least 4 members (excludes halogenated alkanes) is 29. The molecule has 0 heterocycles. The van der Waals surface area contributed by atoms with Gasteiger partial charge in [0.1, 0.15) is 43.2 Å². The summed E-state index contributed by atoms with van der Waals surface area (Å²) in [5, 5.41) is 50.2. The number of phosphoric acid groups is 1. The lowest BCUT2D eigenvalue weighted by atomic mass is 9.85. The fourth-order valence-electron chi connectivity index (χ4n) is 7.99. The number of phosphoric ester groups is 1. The number of carbonyl (C=O) groups excluding carboxylic acids is 2. The fraction of sp³-hybridized carbons (Fsp3) is 0.918. The van der Waals surface area contributed by atoms with Crippen LogP contribution < -0.4 is 0 Å². The second kappa shape index (κ2) is 39.7. The maximum atomic E-state index is 12.8. The van der Waals surface area contributed by atoms with Gasteiger partial charge in [0.05, 0.1) is 6.61 Å². The number of aliphatic hydroxyl groups excluding tert-OH is 5. The van der Waals surface area contributed by atoms with Gasteiger partial charge in [0.15, 0.2) is 6.10 Å². The summed E-state index contributed by atoms with van der Waals surface area (Å²) < 4.78 is 33.6. The molecule has 1 fully saturated rings. The first-order valence-electron chi connectivity index (χ1n) is 25.5. The summed E-state index contributed by atoms with van der Waals surface area (Å²) in [4.78, 5) is 35.8. The molecule has 0 bridgehead atoms. The zero-order valence-corrected chi connectivity index (χ0v) is 40.5. The van der Waals surface area contributed by atoms with Crippen LogP contribution in [0.1, 0.15) is 232 Å². The molecule has 6 unspecified atom stereocenters. The summed E-state index contributed by atoms with van der Waals surface area (Å²) >= 11 is 0. The molecule has 1 saturated carbocycles. The third kappa shape index (κ3) is 32.0. The average Bonchev–Trinajstić information content (AvgIpc) is 3.26. The van der Waals surface area contributed by atoms with Gasteiger partial charge in [0.25, 0.3) is 0 Å². The van der Waals surface area contributed by atoms with Crippen molar-refractivity contribution in [3.05, 3.63) is 12.2 Å². The van der Waals surface area contributed by atoms with E-state index in [0.29, 0.717) is 12.8 Å². The van der Waals surface area contributed by atoms with Crippen molar-refractivity contribution in [3.63, 3.8) is 0 Å². The summed E-state index contributed by atoms with van der Waals surface area (Å²) in [7, 11) is -5.12. The van der Waals surface area contributed by atoms with Gasteiger partial charge in [-0.1, -0.05) is 193 Å². The number of aliphatic hydroxyl groups is 5. The van der Waals surface area contributed by atoms with E-state index in [9.17, 15) is 44.6 Å². The highest BCUT2D eigenvalue weighted by molar-refractivity contribution is 7.47. The van der Waals surface area contributed by atoms with E-state index in [2.05, 4.69) is 26.0 Å². The lowest BCUT2D eigenvalue weighted by Gasteiger charge is -2.41. The van der Waals surface area contributed by atoms with E-state index >= 15 is 0 Å². The Morgan fingerprint density at radius 2 is 0.810 bits per heavy atom. The molecule has 0 aromatic carbocycles. The van der Waals surface area contributed by atoms with E-state index in [1.807, 2.05) is 0 Å². The van der Waals surface area contributed by atoms with Crippen LogP contribution in [0.4, 0.5) is 0 Å². The fourth-order valence-corrected chi connectivity index (χ4v) is 8.96. The number of allylic oxidation sites excluding steroid dienone is 2. The zero-order chi connectivity index (χ0) is 46.4. The number of esters is 2. The minimum Gasteiger partial charge on any atom is -0.462 e. The number of carbonyl (C=O) groups is 2. The van der Waals surface area contributed by atoms with Crippen molar-refractivity contribution in [2.45, 2.75) is 275 Å². The van der Waals surface area contributed by atoms with Crippen molar-refractivity contribution in [3.8, 4) is 0 Å². The molecule has 1 rings (SSSR count). The van der Waals surface area contributed by atoms with Crippen molar-refractivity contribution in [1.29, 1.82) is 0 Å². The molecule has 0 aliphatic heterocycles. The SMILES string of the molecule is CCCCCCCCCC/C=C\CCCCCCCCCCCC(=O)OC(COC(=O)CCCCCCCCCCCCCCC)COP(=O)(O)OC1C(O)C(O)C(O)C(O)C1O. The normalized spacial score (nSPS) is 21.7. The largest absolute Gasteiger partial charge is 0.472 e. The van der Waals surface area contributed by atoms with E-state index in [4.69, 9.17) is 18.5 Å². The van der Waals surface area contributed by atoms with E-state index in [1.54, 1.807) is 0 Å². The minimum absolute atomic E-state index is 0.0990. The first-order chi connectivity index (χ1) is 30.4. The van der Waals surface area contributed by atoms with Gasteiger partial charge in [-0.15, -0.1) is 0 Å². The summed E-state index contributed by atoms with van der Waals surface area (Å²) in [5.41, 5.74) is 0. The van der Waals surface area contributed by atoms with E-state index in [0.717, 1.165) is 51.4 Å². The summed E-state index contributed by atoms with van der Waals surface area (Å²) in [5.74, 6) is -1.09. The number of hydrogen-bond donors (Lipinski definition) is 6. The monoisotopic (exact) mass is 921 g/mol. The van der Waals surface area contributed by atoms with Crippen molar-refractivity contribution in [1.82, 2.24) is 0 Å². The standard InChI is InChI=1S/C49H93O13P/c1-3-5-7-9-11-13-15-17-18-19-20-21-22-23-24-26-28-30-32-34-36-38-43(51)61-41(40-60-63(57,58)62-49-47(55)45(53)44(52)46(54)48(49)56)39-59-42(50)37-35-33-31-29-27-25-16-14-12-10-8-6-4-2/h19-20,41,44-49,52-56H,3-18,21-40H2,1-2H3,(H,57,58)/b20-19-. The van der Waals surface area contributed by atoms with Gasteiger partial charge in [-0.3, -0.25) is 18.6 Å². The van der Waals surface area contributed by atoms with Crippen LogP contribution in [0, 0.1) is 0 Å². The Morgan fingerprint density at radius 1 is 0.476 bits per heavy atom. The molecule has 1 aliphatic carbocycles. The molecular weight excluding hydrogens is 828 g/mol.